The van der Waals surface area contributed by atoms with Gasteiger partial charge >= 0.3 is 0 Å². The van der Waals surface area contributed by atoms with E-state index in [-0.39, 0.29) is 5.75 Å². The lowest BCUT2D eigenvalue weighted by Crippen LogP contribution is -1.86. The second kappa shape index (κ2) is 4.56. The van der Waals surface area contributed by atoms with E-state index in [0.717, 1.165) is 0 Å². The molecule has 0 aliphatic carbocycles. The maximum atomic E-state index is 13.6. The van der Waals surface area contributed by atoms with Crippen molar-refractivity contribution in [2.75, 3.05) is 0 Å². The molecule has 0 heterocycles. The van der Waals surface area contributed by atoms with Crippen molar-refractivity contribution in [3.8, 4) is 22.9 Å². The number of nitrogens with zero attached hydrogens (tertiary/aromatic N) is 1. The molecule has 0 aliphatic rings. The lowest BCUT2D eigenvalue weighted by molar-refractivity contribution is 0.475. The quantitative estimate of drug-likeness (QED) is 0.868. The van der Waals surface area contributed by atoms with Crippen LogP contribution in [-0.2, 0) is 0 Å². The summed E-state index contributed by atoms with van der Waals surface area (Å²) in [4.78, 5) is 0. The Hall–Kier alpha value is -1.86. The summed E-state index contributed by atoms with van der Waals surface area (Å²) in [5, 5.41) is 18.2. The Labute approximate surface area is 106 Å². The standard InChI is InChI=1S/C13H7BrFNO/c14-10-4-9(5-11(17)6-10)12-3-8(7-16)1-2-13(12)15/h1-6,17H. The fourth-order valence-electron chi connectivity index (χ4n) is 1.55. The molecule has 0 aromatic heterocycles. The van der Waals surface area contributed by atoms with Gasteiger partial charge in [0.05, 0.1) is 11.6 Å². The van der Waals surface area contributed by atoms with Gasteiger partial charge in [0.15, 0.2) is 0 Å². The lowest BCUT2D eigenvalue weighted by atomic mass is 10.0. The van der Waals surface area contributed by atoms with E-state index in [1.165, 1.54) is 30.3 Å². The zero-order valence-electron chi connectivity index (χ0n) is 8.61. The molecule has 2 rings (SSSR count). The van der Waals surface area contributed by atoms with Gasteiger partial charge in [0.1, 0.15) is 11.6 Å². The molecular formula is C13H7BrFNO. The summed E-state index contributed by atoms with van der Waals surface area (Å²) in [6.07, 6.45) is 0. The maximum Gasteiger partial charge on any atom is 0.131 e. The lowest BCUT2D eigenvalue weighted by Gasteiger charge is -2.05. The van der Waals surface area contributed by atoms with Crippen LogP contribution in [0.4, 0.5) is 4.39 Å². The molecule has 0 aliphatic heterocycles. The van der Waals surface area contributed by atoms with Gasteiger partial charge in [-0.2, -0.15) is 5.26 Å². The van der Waals surface area contributed by atoms with Crippen LogP contribution in [0.2, 0.25) is 0 Å². The zero-order valence-corrected chi connectivity index (χ0v) is 10.2. The number of aromatic hydroxyl groups is 1. The molecule has 0 amide bonds. The number of hydrogen-bond acceptors (Lipinski definition) is 2. The molecule has 0 radical (unpaired) electrons. The molecule has 0 unspecified atom stereocenters. The molecule has 0 saturated heterocycles. The highest BCUT2D eigenvalue weighted by Gasteiger charge is 2.08. The SMILES string of the molecule is N#Cc1ccc(F)c(-c2cc(O)cc(Br)c2)c1. The van der Waals surface area contributed by atoms with Crippen LogP contribution in [0.5, 0.6) is 5.75 Å². The molecule has 0 fully saturated rings. The first-order valence-electron chi connectivity index (χ1n) is 4.80. The van der Waals surface area contributed by atoms with Crippen LogP contribution in [-0.4, -0.2) is 5.11 Å². The van der Waals surface area contributed by atoms with Crippen molar-refractivity contribution in [3.05, 3.63) is 52.3 Å². The van der Waals surface area contributed by atoms with Gasteiger partial charge in [-0.1, -0.05) is 15.9 Å². The first kappa shape index (κ1) is 11.6. The average molecular weight is 292 g/mol. The van der Waals surface area contributed by atoms with Gasteiger partial charge in [0.25, 0.3) is 0 Å². The van der Waals surface area contributed by atoms with Crippen molar-refractivity contribution in [2.24, 2.45) is 0 Å². The van der Waals surface area contributed by atoms with Crippen LogP contribution in [0.15, 0.2) is 40.9 Å². The fourth-order valence-corrected chi connectivity index (χ4v) is 2.03. The summed E-state index contributed by atoms with van der Waals surface area (Å²) in [6.45, 7) is 0. The Morgan fingerprint density at radius 1 is 1.18 bits per heavy atom. The van der Waals surface area contributed by atoms with Gasteiger partial charge in [-0.05, 0) is 42.0 Å². The molecule has 17 heavy (non-hydrogen) atoms. The molecule has 2 nitrogen and oxygen atoms in total. The minimum Gasteiger partial charge on any atom is -0.508 e. The normalized spacial score (nSPS) is 9.94. The molecule has 2 aromatic rings. The van der Waals surface area contributed by atoms with Crippen molar-refractivity contribution in [3.63, 3.8) is 0 Å². The molecule has 0 atom stereocenters. The van der Waals surface area contributed by atoms with Gasteiger partial charge < -0.3 is 5.11 Å². The number of benzene rings is 2. The van der Waals surface area contributed by atoms with Crippen LogP contribution in [0, 0.1) is 17.1 Å². The molecule has 0 bridgehead atoms. The molecule has 0 saturated carbocycles. The molecule has 84 valence electrons. The number of rotatable bonds is 1. The second-order valence-corrected chi connectivity index (χ2v) is 4.42. The van der Waals surface area contributed by atoms with E-state index < -0.39 is 5.82 Å². The first-order chi connectivity index (χ1) is 8.10. The third-order valence-corrected chi connectivity index (χ3v) is 2.75. The van der Waals surface area contributed by atoms with Gasteiger partial charge in [-0.3, -0.25) is 0 Å². The van der Waals surface area contributed by atoms with Gasteiger partial charge in [-0.25, -0.2) is 4.39 Å². The average Bonchev–Trinajstić information content (AvgIpc) is 2.28. The zero-order chi connectivity index (χ0) is 12.4. The van der Waals surface area contributed by atoms with E-state index in [2.05, 4.69) is 15.9 Å². The molecular weight excluding hydrogens is 285 g/mol. The van der Waals surface area contributed by atoms with E-state index in [1.54, 1.807) is 6.07 Å². The summed E-state index contributed by atoms with van der Waals surface area (Å²) in [7, 11) is 0. The van der Waals surface area contributed by atoms with E-state index in [4.69, 9.17) is 5.26 Å². The van der Waals surface area contributed by atoms with Gasteiger partial charge in [0.2, 0.25) is 0 Å². The molecule has 4 heteroatoms. The van der Waals surface area contributed by atoms with E-state index in [0.29, 0.717) is 21.2 Å². The Balaban J connectivity index is 2.63. The van der Waals surface area contributed by atoms with Crippen molar-refractivity contribution >= 4 is 15.9 Å². The fraction of sp³-hybridized carbons (Fsp3) is 0. The van der Waals surface area contributed by atoms with Crippen LogP contribution >= 0.6 is 15.9 Å². The predicted octanol–water partition coefficient (Wildman–Crippen LogP) is 3.83. The summed E-state index contributed by atoms with van der Waals surface area (Å²) >= 11 is 3.22. The molecule has 2 aromatic carbocycles. The maximum absolute atomic E-state index is 13.6. The van der Waals surface area contributed by atoms with Crippen LogP contribution in [0.1, 0.15) is 5.56 Å². The smallest absolute Gasteiger partial charge is 0.131 e. The number of halogens is 2. The summed E-state index contributed by atoms with van der Waals surface area (Å²) < 4.78 is 14.3. The Bertz CT molecular complexity index is 599. The first-order valence-corrected chi connectivity index (χ1v) is 5.59. The summed E-state index contributed by atoms with van der Waals surface area (Å²) in [5.74, 6) is -0.391. The summed E-state index contributed by atoms with van der Waals surface area (Å²) in [5.41, 5.74) is 1.19. The minimum absolute atomic E-state index is 0.0381. The van der Waals surface area contributed by atoms with Crippen molar-refractivity contribution in [1.82, 2.24) is 0 Å². The highest BCUT2D eigenvalue weighted by atomic mass is 79.9. The van der Waals surface area contributed by atoms with E-state index in [1.807, 2.05) is 6.07 Å². The van der Waals surface area contributed by atoms with Crippen molar-refractivity contribution in [2.45, 2.75) is 0 Å². The third-order valence-electron chi connectivity index (χ3n) is 2.29. The Morgan fingerprint density at radius 3 is 2.59 bits per heavy atom. The second-order valence-electron chi connectivity index (χ2n) is 3.50. The highest BCUT2D eigenvalue weighted by Crippen LogP contribution is 2.30. The number of phenolic OH excluding ortho intramolecular Hbond substituents is 1. The largest absolute Gasteiger partial charge is 0.508 e. The predicted molar refractivity (Wildman–Crippen MR) is 65.9 cm³/mol. The van der Waals surface area contributed by atoms with E-state index in [9.17, 15) is 9.50 Å². The van der Waals surface area contributed by atoms with E-state index >= 15 is 0 Å². The van der Waals surface area contributed by atoms with Crippen LogP contribution < -0.4 is 0 Å². The van der Waals surface area contributed by atoms with Crippen LogP contribution in [0.25, 0.3) is 11.1 Å². The minimum atomic E-state index is -0.429. The monoisotopic (exact) mass is 291 g/mol. The summed E-state index contributed by atoms with van der Waals surface area (Å²) in [6, 6.07) is 10.7. The molecule has 1 N–H and O–H groups in total. The Morgan fingerprint density at radius 2 is 1.94 bits per heavy atom. The van der Waals surface area contributed by atoms with Crippen molar-refractivity contribution < 1.29 is 9.50 Å². The number of hydrogen-bond donors (Lipinski definition) is 1. The number of phenols is 1. The highest BCUT2D eigenvalue weighted by molar-refractivity contribution is 9.10. The number of nitriles is 1. The molecule has 0 spiro atoms. The third kappa shape index (κ3) is 2.45. The van der Waals surface area contributed by atoms with Crippen molar-refractivity contribution in [1.29, 1.82) is 5.26 Å². The topological polar surface area (TPSA) is 44.0 Å². The van der Waals surface area contributed by atoms with Gasteiger partial charge in [-0.15, -0.1) is 0 Å². The Kier molecular flexibility index (Phi) is 3.12. The van der Waals surface area contributed by atoms with Gasteiger partial charge in [0, 0.05) is 10.0 Å². The van der Waals surface area contributed by atoms with Crippen LogP contribution in [0.3, 0.4) is 0 Å².